The molecule has 0 atom stereocenters. The van der Waals surface area contributed by atoms with Crippen LogP contribution in [0.2, 0.25) is 0 Å². The van der Waals surface area contributed by atoms with Gasteiger partial charge in [-0.3, -0.25) is 0 Å². The van der Waals surface area contributed by atoms with Crippen molar-refractivity contribution in [2.24, 2.45) is 0 Å². The van der Waals surface area contributed by atoms with E-state index in [1.165, 1.54) is 13.8 Å². The standard InChI is InChI=1S/C19H24O5/c1-6-9-15-10-7-8-11-16(15)22-12-17(23-18(20)13(2)3)24-19(21)14(4)5/h7-8,10-11,17H,2,4,6,9,12H2,1,3,5H3. The van der Waals surface area contributed by atoms with Gasteiger partial charge in [0.2, 0.25) is 0 Å². The summed E-state index contributed by atoms with van der Waals surface area (Å²) in [5.74, 6) is -0.637. The summed E-state index contributed by atoms with van der Waals surface area (Å²) in [5, 5.41) is 0. The number of para-hydroxylation sites is 1. The zero-order valence-corrected chi connectivity index (χ0v) is 14.5. The minimum Gasteiger partial charge on any atom is -0.485 e. The summed E-state index contributed by atoms with van der Waals surface area (Å²) >= 11 is 0. The molecule has 0 aliphatic rings. The largest absolute Gasteiger partial charge is 0.485 e. The molecule has 0 aliphatic carbocycles. The quantitative estimate of drug-likeness (QED) is 0.393. The second-order valence-electron chi connectivity index (χ2n) is 5.47. The highest BCUT2D eigenvalue weighted by atomic mass is 16.7. The van der Waals surface area contributed by atoms with Gasteiger partial charge in [0.15, 0.2) is 6.61 Å². The van der Waals surface area contributed by atoms with Crippen LogP contribution in [-0.2, 0) is 25.5 Å². The predicted octanol–water partition coefficient (Wildman–Crippen LogP) is 3.58. The van der Waals surface area contributed by atoms with E-state index in [0.717, 1.165) is 18.4 Å². The maximum Gasteiger partial charge on any atom is 0.336 e. The lowest BCUT2D eigenvalue weighted by molar-refractivity contribution is -0.187. The van der Waals surface area contributed by atoms with Crippen molar-refractivity contribution in [3.63, 3.8) is 0 Å². The van der Waals surface area contributed by atoms with Gasteiger partial charge in [-0.1, -0.05) is 44.7 Å². The number of rotatable bonds is 9. The van der Waals surface area contributed by atoms with Crippen molar-refractivity contribution in [3.05, 3.63) is 54.1 Å². The molecular formula is C19H24O5. The van der Waals surface area contributed by atoms with Crippen molar-refractivity contribution >= 4 is 11.9 Å². The molecule has 1 aromatic carbocycles. The molecule has 0 saturated heterocycles. The van der Waals surface area contributed by atoms with Gasteiger partial charge in [-0.05, 0) is 31.9 Å². The zero-order chi connectivity index (χ0) is 18.1. The minimum atomic E-state index is -1.17. The number of carbonyl (C=O) groups excluding carboxylic acids is 2. The van der Waals surface area contributed by atoms with Crippen LogP contribution in [0.1, 0.15) is 32.8 Å². The van der Waals surface area contributed by atoms with Gasteiger partial charge in [0, 0.05) is 11.1 Å². The summed E-state index contributed by atoms with van der Waals surface area (Å²) in [4.78, 5) is 23.4. The van der Waals surface area contributed by atoms with Crippen LogP contribution in [0.5, 0.6) is 5.75 Å². The normalized spacial score (nSPS) is 10.2. The molecule has 0 fully saturated rings. The number of ether oxygens (including phenoxy) is 3. The van der Waals surface area contributed by atoms with Crippen LogP contribution in [0.3, 0.4) is 0 Å². The third-order valence-electron chi connectivity index (χ3n) is 3.04. The summed E-state index contributed by atoms with van der Waals surface area (Å²) in [6.45, 7) is 12.0. The fraction of sp³-hybridized carbons (Fsp3) is 0.368. The fourth-order valence-electron chi connectivity index (χ4n) is 1.81. The Labute approximate surface area is 142 Å². The summed E-state index contributed by atoms with van der Waals surface area (Å²) < 4.78 is 15.9. The molecule has 24 heavy (non-hydrogen) atoms. The van der Waals surface area contributed by atoms with Gasteiger partial charge in [-0.2, -0.15) is 0 Å². The number of carbonyl (C=O) groups is 2. The van der Waals surface area contributed by atoms with Crippen LogP contribution in [-0.4, -0.2) is 24.8 Å². The molecule has 1 rings (SSSR count). The first-order valence-corrected chi connectivity index (χ1v) is 7.78. The number of aryl methyl sites for hydroxylation is 1. The van der Waals surface area contributed by atoms with E-state index >= 15 is 0 Å². The molecule has 0 heterocycles. The molecule has 0 unspecified atom stereocenters. The Morgan fingerprint density at radius 1 is 1.04 bits per heavy atom. The zero-order valence-electron chi connectivity index (χ0n) is 14.5. The molecule has 0 aliphatic heterocycles. The van der Waals surface area contributed by atoms with Crippen molar-refractivity contribution in [2.75, 3.05) is 6.61 Å². The SMILES string of the molecule is C=C(C)C(=O)OC(COc1ccccc1CCC)OC(=O)C(=C)C. The van der Waals surface area contributed by atoms with Crippen LogP contribution in [0.4, 0.5) is 0 Å². The molecule has 0 radical (unpaired) electrons. The molecule has 1 aromatic rings. The summed E-state index contributed by atoms with van der Waals surface area (Å²) in [6.07, 6.45) is 0.657. The second-order valence-corrected chi connectivity index (χ2v) is 5.47. The molecule has 5 heteroatoms. The Balaban J connectivity index is 2.80. The van der Waals surface area contributed by atoms with E-state index in [1.54, 1.807) is 0 Å². The molecule has 130 valence electrons. The third-order valence-corrected chi connectivity index (χ3v) is 3.04. The van der Waals surface area contributed by atoms with Gasteiger partial charge < -0.3 is 14.2 Å². The van der Waals surface area contributed by atoms with Gasteiger partial charge in [0.1, 0.15) is 5.75 Å². The van der Waals surface area contributed by atoms with E-state index in [4.69, 9.17) is 14.2 Å². The first-order valence-electron chi connectivity index (χ1n) is 7.78. The number of esters is 2. The van der Waals surface area contributed by atoms with Crippen molar-refractivity contribution < 1.29 is 23.8 Å². The third kappa shape index (κ3) is 6.28. The Bertz CT molecular complexity index is 590. The average molecular weight is 332 g/mol. The summed E-state index contributed by atoms with van der Waals surface area (Å²) in [6, 6.07) is 7.57. The minimum absolute atomic E-state index is 0.112. The number of hydrogen-bond acceptors (Lipinski definition) is 5. The molecule has 0 amide bonds. The van der Waals surface area contributed by atoms with Crippen molar-refractivity contribution in [2.45, 2.75) is 39.9 Å². The van der Waals surface area contributed by atoms with Gasteiger partial charge >= 0.3 is 11.9 Å². The van der Waals surface area contributed by atoms with E-state index in [1.807, 2.05) is 24.3 Å². The van der Waals surface area contributed by atoms with Crippen LogP contribution in [0.15, 0.2) is 48.6 Å². The van der Waals surface area contributed by atoms with E-state index in [2.05, 4.69) is 20.1 Å². The van der Waals surface area contributed by atoms with Gasteiger partial charge in [-0.25, -0.2) is 9.59 Å². The van der Waals surface area contributed by atoms with E-state index in [0.29, 0.717) is 5.75 Å². The Kier molecular flexibility index (Phi) is 7.75. The van der Waals surface area contributed by atoms with Gasteiger partial charge in [-0.15, -0.1) is 0 Å². The molecule has 0 saturated carbocycles. The van der Waals surface area contributed by atoms with E-state index < -0.39 is 18.2 Å². The van der Waals surface area contributed by atoms with Gasteiger partial charge in [0.05, 0.1) is 0 Å². The Morgan fingerprint density at radius 3 is 2.08 bits per heavy atom. The smallest absolute Gasteiger partial charge is 0.336 e. The fourth-order valence-corrected chi connectivity index (χ4v) is 1.81. The maximum atomic E-state index is 11.7. The van der Waals surface area contributed by atoms with E-state index in [9.17, 15) is 9.59 Å². The highest BCUT2D eigenvalue weighted by Gasteiger charge is 2.21. The Hall–Kier alpha value is -2.56. The topological polar surface area (TPSA) is 61.8 Å². The van der Waals surface area contributed by atoms with Crippen LogP contribution in [0, 0.1) is 0 Å². The molecule has 0 spiro atoms. The first-order chi connectivity index (χ1) is 11.3. The molecule has 0 aromatic heterocycles. The summed E-state index contributed by atoms with van der Waals surface area (Å²) in [5.41, 5.74) is 1.45. The molecular weight excluding hydrogens is 308 g/mol. The van der Waals surface area contributed by atoms with Crippen molar-refractivity contribution in [1.29, 1.82) is 0 Å². The van der Waals surface area contributed by atoms with Crippen molar-refractivity contribution in [1.82, 2.24) is 0 Å². The molecule has 0 N–H and O–H groups in total. The number of hydrogen-bond donors (Lipinski definition) is 0. The lowest BCUT2D eigenvalue weighted by Gasteiger charge is -2.20. The average Bonchev–Trinajstić information content (AvgIpc) is 2.53. The second kappa shape index (κ2) is 9.55. The van der Waals surface area contributed by atoms with Crippen LogP contribution < -0.4 is 4.74 Å². The molecule has 0 bridgehead atoms. The lowest BCUT2D eigenvalue weighted by atomic mass is 10.1. The van der Waals surface area contributed by atoms with Gasteiger partial charge in [0.25, 0.3) is 6.29 Å². The first kappa shape index (κ1) is 19.5. The van der Waals surface area contributed by atoms with Crippen LogP contribution in [0.25, 0.3) is 0 Å². The maximum absolute atomic E-state index is 11.7. The summed E-state index contributed by atoms with van der Waals surface area (Å²) in [7, 11) is 0. The molecule has 5 nitrogen and oxygen atoms in total. The Morgan fingerprint density at radius 2 is 1.58 bits per heavy atom. The van der Waals surface area contributed by atoms with Crippen molar-refractivity contribution in [3.8, 4) is 5.75 Å². The van der Waals surface area contributed by atoms with Crippen LogP contribution >= 0.6 is 0 Å². The predicted molar refractivity (Wildman–Crippen MR) is 91.5 cm³/mol. The lowest BCUT2D eigenvalue weighted by Crippen LogP contribution is -2.31. The monoisotopic (exact) mass is 332 g/mol. The van der Waals surface area contributed by atoms with E-state index in [-0.39, 0.29) is 17.8 Å². The highest BCUT2D eigenvalue weighted by Crippen LogP contribution is 2.20. The highest BCUT2D eigenvalue weighted by molar-refractivity contribution is 5.88. The number of benzene rings is 1.